The summed E-state index contributed by atoms with van der Waals surface area (Å²) in [5.74, 6) is 1.12. The van der Waals surface area contributed by atoms with Gasteiger partial charge in [-0.25, -0.2) is 4.39 Å². The van der Waals surface area contributed by atoms with Crippen LogP contribution in [0, 0.1) is 12.7 Å². The quantitative estimate of drug-likeness (QED) is 0.451. The molecule has 6 nitrogen and oxygen atoms in total. The Morgan fingerprint density at radius 3 is 2.50 bits per heavy atom. The summed E-state index contributed by atoms with van der Waals surface area (Å²) in [6.07, 6.45) is 0. The van der Waals surface area contributed by atoms with Crippen molar-refractivity contribution in [3.05, 3.63) is 65.8 Å². The molecule has 0 saturated heterocycles. The second kappa shape index (κ2) is 7.55. The first kappa shape index (κ1) is 18.4. The zero-order valence-corrected chi connectivity index (χ0v) is 16.4. The van der Waals surface area contributed by atoms with Crippen LogP contribution in [-0.4, -0.2) is 25.0 Å². The molecule has 0 aliphatic carbocycles. The Balaban J connectivity index is 1.54. The summed E-state index contributed by atoms with van der Waals surface area (Å²) in [6, 6.07) is 14.4. The van der Waals surface area contributed by atoms with Crippen LogP contribution in [0.2, 0.25) is 0 Å². The zero-order valence-electron chi connectivity index (χ0n) is 15.6. The van der Waals surface area contributed by atoms with Crippen LogP contribution in [-0.2, 0) is 7.05 Å². The van der Waals surface area contributed by atoms with Gasteiger partial charge in [0.2, 0.25) is 11.8 Å². The van der Waals surface area contributed by atoms with Gasteiger partial charge in [0.25, 0.3) is 0 Å². The lowest BCUT2D eigenvalue weighted by atomic mass is 10.1. The van der Waals surface area contributed by atoms with Crippen LogP contribution in [0.5, 0.6) is 0 Å². The number of hydrogen-bond acceptors (Lipinski definition) is 6. The molecule has 2 aromatic carbocycles. The standard InChI is InChI=1S/C20H18FN5OS/c1-12-8-10-14(11-9-12)19-24-23-18(27-19)13(2)28-20-25-22-17(26(20)3)15-6-4-5-7-16(15)21/h4-11,13H,1-3H3. The lowest BCUT2D eigenvalue weighted by molar-refractivity contribution is 0.508. The molecule has 4 rings (SSSR count). The fraction of sp³-hybridized carbons (Fsp3) is 0.200. The van der Waals surface area contributed by atoms with Crippen molar-refractivity contribution in [2.24, 2.45) is 7.05 Å². The molecule has 0 N–H and O–H groups in total. The molecule has 2 aromatic heterocycles. The third-order valence-electron chi connectivity index (χ3n) is 4.32. The normalized spacial score (nSPS) is 12.3. The maximum atomic E-state index is 14.1. The zero-order chi connectivity index (χ0) is 19.7. The van der Waals surface area contributed by atoms with Crippen molar-refractivity contribution in [1.29, 1.82) is 0 Å². The Hall–Kier alpha value is -3.00. The van der Waals surface area contributed by atoms with Crippen molar-refractivity contribution in [2.45, 2.75) is 24.3 Å². The number of aryl methyl sites for hydroxylation is 1. The molecule has 8 heteroatoms. The molecule has 0 saturated carbocycles. The van der Waals surface area contributed by atoms with E-state index in [-0.39, 0.29) is 11.1 Å². The molecule has 0 aliphatic rings. The number of hydrogen-bond donors (Lipinski definition) is 0. The molecular formula is C20H18FN5OS. The first-order chi connectivity index (χ1) is 13.5. The number of nitrogens with zero attached hydrogens (tertiary/aromatic N) is 5. The molecular weight excluding hydrogens is 377 g/mol. The second-order valence-electron chi connectivity index (χ2n) is 6.42. The Morgan fingerprint density at radius 1 is 1.00 bits per heavy atom. The van der Waals surface area contributed by atoms with Gasteiger partial charge in [0.15, 0.2) is 11.0 Å². The van der Waals surface area contributed by atoms with Gasteiger partial charge in [-0.2, -0.15) is 0 Å². The van der Waals surface area contributed by atoms with Gasteiger partial charge in [0, 0.05) is 12.6 Å². The van der Waals surface area contributed by atoms with Crippen LogP contribution < -0.4 is 0 Å². The van der Waals surface area contributed by atoms with Crippen molar-refractivity contribution in [3.8, 4) is 22.8 Å². The van der Waals surface area contributed by atoms with Gasteiger partial charge in [-0.3, -0.25) is 0 Å². The molecule has 0 bridgehead atoms. The first-order valence-electron chi connectivity index (χ1n) is 8.74. The number of benzene rings is 2. The van der Waals surface area contributed by atoms with Crippen molar-refractivity contribution < 1.29 is 8.81 Å². The molecule has 4 aromatic rings. The predicted octanol–water partition coefficient (Wildman–Crippen LogP) is 4.83. The van der Waals surface area contributed by atoms with Gasteiger partial charge in [-0.15, -0.1) is 20.4 Å². The van der Waals surface area contributed by atoms with Crippen molar-refractivity contribution in [1.82, 2.24) is 25.0 Å². The number of rotatable bonds is 5. The highest BCUT2D eigenvalue weighted by Gasteiger charge is 2.21. The van der Waals surface area contributed by atoms with Crippen LogP contribution >= 0.6 is 11.8 Å². The monoisotopic (exact) mass is 395 g/mol. The molecule has 28 heavy (non-hydrogen) atoms. The SMILES string of the molecule is Cc1ccc(-c2nnc(C(C)Sc3nnc(-c4ccccc4F)n3C)o2)cc1. The van der Waals surface area contributed by atoms with Gasteiger partial charge < -0.3 is 8.98 Å². The molecule has 2 heterocycles. The summed E-state index contributed by atoms with van der Waals surface area (Å²) in [5.41, 5.74) is 2.46. The number of thioether (sulfide) groups is 1. The van der Waals surface area contributed by atoms with Gasteiger partial charge in [-0.05, 0) is 38.1 Å². The van der Waals surface area contributed by atoms with E-state index in [4.69, 9.17) is 4.42 Å². The Morgan fingerprint density at radius 2 is 1.75 bits per heavy atom. The Bertz CT molecular complexity index is 1110. The lowest BCUT2D eigenvalue weighted by Gasteiger charge is -2.07. The van der Waals surface area contributed by atoms with E-state index in [1.807, 2.05) is 45.2 Å². The van der Waals surface area contributed by atoms with Crippen LogP contribution in [0.1, 0.15) is 23.6 Å². The summed E-state index contributed by atoms with van der Waals surface area (Å²) in [6.45, 7) is 3.98. The van der Waals surface area contributed by atoms with Crippen LogP contribution in [0.4, 0.5) is 4.39 Å². The van der Waals surface area contributed by atoms with Gasteiger partial charge >= 0.3 is 0 Å². The van der Waals surface area contributed by atoms with E-state index < -0.39 is 0 Å². The maximum absolute atomic E-state index is 14.1. The fourth-order valence-corrected chi connectivity index (χ4v) is 3.56. The first-order valence-corrected chi connectivity index (χ1v) is 9.62. The molecule has 0 aliphatic heterocycles. The smallest absolute Gasteiger partial charge is 0.247 e. The van der Waals surface area contributed by atoms with E-state index in [9.17, 15) is 4.39 Å². The number of halogens is 1. The summed E-state index contributed by atoms with van der Waals surface area (Å²) in [7, 11) is 1.81. The lowest BCUT2D eigenvalue weighted by Crippen LogP contribution is -1.98. The Kier molecular flexibility index (Phi) is 4.95. The minimum atomic E-state index is -0.331. The van der Waals surface area contributed by atoms with Crippen molar-refractivity contribution >= 4 is 11.8 Å². The average molecular weight is 395 g/mol. The summed E-state index contributed by atoms with van der Waals surface area (Å²) in [4.78, 5) is 0. The van der Waals surface area contributed by atoms with E-state index in [0.29, 0.717) is 28.3 Å². The third-order valence-corrected chi connectivity index (χ3v) is 5.44. The maximum Gasteiger partial charge on any atom is 0.247 e. The Labute approximate surface area is 165 Å². The fourth-order valence-electron chi connectivity index (χ4n) is 2.71. The van der Waals surface area contributed by atoms with Crippen molar-refractivity contribution in [3.63, 3.8) is 0 Å². The van der Waals surface area contributed by atoms with Gasteiger partial charge in [-0.1, -0.05) is 41.6 Å². The minimum Gasteiger partial charge on any atom is -0.419 e. The van der Waals surface area contributed by atoms with E-state index in [1.54, 1.807) is 22.8 Å². The molecule has 1 unspecified atom stereocenters. The van der Waals surface area contributed by atoms with Crippen LogP contribution in [0.15, 0.2) is 58.1 Å². The molecule has 0 spiro atoms. The van der Waals surface area contributed by atoms with Gasteiger partial charge in [0.1, 0.15) is 5.82 Å². The highest BCUT2D eigenvalue weighted by Crippen LogP contribution is 2.35. The molecule has 142 valence electrons. The largest absolute Gasteiger partial charge is 0.419 e. The molecule has 0 fully saturated rings. The molecule has 0 amide bonds. The van der Waals surface area contributed by atoms with E-state index in [0.717, 1.165) is 5.56 Å². The summed E-state index contributed by atoms with van der Waals surface area (Å²) >= 11 is 1.43. The number of aromatic nitrogens is 5. The highest BCUT2D eigenvalue weighted by atomic mass is 32.2. The van der Waals surface area contributed by atoms with E-state index in [2.05, 4.69) is 20.4 Å². The minimum absolute atomic E-state index is 0.136. The van der Waals surface area contributed by atoms with Crippen molar-refractivity contribution in [2.75, 3.05) is 0 Å². The van der Waals surface area contributed by atoms with Crippen LogP contribution in [0.25, 0.3) is 22.8 Å². The predicted molar refractivity (Wildman–Crippen MR) is 105 cm³/mol. The van der Waals surface area contributed by atoms with E-state index >= 15 is 0 Å². The third kappa shape index (κ3) is 3.55. The molecule has 0 radical (unpaired) electrons. The molecule has 1 atom stereocenters. The van der Waals surface area contributed by atoms with E-state index in [1.165, 1.54) is 23.4 Å². The van der Waals surface area contributed by atoms with Crippen LogP contribution in [0.3, 0.4) is 0 Å². The topological polar surface area (TPSA) is 69.6 Å². The second-order valence-corrected chi connectivity index (χ2v) is 7.72. The summed E-state index contributed by atoms with van der Waals surface area (Å²) in [5, 5.41) is 17.1. The highest BCUT2D eigenvalue weighted by molar-refractivity contribution is 7.99. The van der Waals surface area contributed by atoms with Gasteiger partial charge in [0.05, 0.1) is 10.8 Å². The average Bonchev–Trinajstić information content (AvgIpc) is 3.31. The summed E-state index contributed by atoms with van der Waals surface area (Å²) < 4.78 is 21.7.